The average Bonchev–Trinajstić information content (AvgIpc) is 2.71. The van der Waals surface area contributed by atoms with Crippen LogP contribution in [0.4, 0.5) is 10.5 Å². The van der Waals surface area contributed by atoms with Gasteiger partial charge in [0.05, 0.1) is 0 Å². The molecule has 4 nitrogen and oxygen atoms in total. The minimum absolute atomic E-state index is 0.279. The summed E-state index contributed by atoms with van der Waals surface area (Å²) in [5.74, 6) is 0. The predicted molar refractivity (Wildman–Crippen MR) is 104 cm³/mol. The smallest absolute Gasteiger partial charge is 0.306 e. The number of benzene rings is 3. The number of para-hydroxylation sites is 1. The normalized spacial score (nSPS) is 24.9. The Hall–Kier alpha value is -3.11. The molecule has 0 saturated heterocycles. The summed E-state index contributed by atoms with van der Waals surface area (Å²) in [4.78, 5) is 19.6. The van der Waals surface area contributed by atoms with Gasteiger partial charge in [-0.15, -0.1) is 0 Å². The summed E-state index contributed by atoms with van der Waals surface area (Å²) in [5.41, 5.74) is 3.73. The van der Waals surface area contributed by atoms with Gasteiger partial charge >= 0.3 is 6.03 Å². The predicted octanol–water partition coefficient (Wildman–Crippen LogP) is 5.01. The van der Waals surface area contributed by atoms with Gasteiger partial charge in [0.25, 0.3) is 0 Å². The van der Waals surface area contributed by atoms with Crippen LogP contribution in [0.1, 0.15) is 36.1 Å². The van der Waals surface area contributed by atoms with Crippen molar-refractivity contribution in [3.63, 3.8) is 0 Å². The third-order valence-electron chi connectivity index (χ3n) is 5.82. The van der Waals surface area contributed by atoms with Crippen molar-refractivity contribution in [2.24, 2.45) is 0 Å². The molecule has 0 fully saturated rings. The first kappa shape index (κ1) is 16.1. The molecule has 0 aromatic heterocycles. The van der Waals surface area contributed by atoms with Crippen molar-refractivity contribution >= 4 is 11.7 Å². The lowest BCUT2D eigenvalue weighted by Gasteiger charge is -2.57. The van der Waals surface area contributed by atoms with E-state index in [2.05, 4.69) is 29.6 Å². The van der Waals surface area contributed by atoms with Gasteiger partial charge in [0.2, 0.25) is 0 Å². The Morgan fingerprint density at radius 2 is 1.26 bits per heavy atom. The van der Waals surface area contributed by atoms with Crippen molar-refractivity contribution in [3.05, 3.63) is 101 Å². The van der Waals surface area contributed by atoms with Crippen molar-refractivity contribution in [2.45, 2.75) is 25.0 Å². The molecule has 0 spiro atoms. The SMILES string of the molecule is CC12ON(C(=O)Nc3ccccc3)C(C)(c3ccccc31)c1ccccc12. The van der Waals surface area contributed by atoms with E-state index in [4.69, 9.17) is 4.84 Å². The molecule has 2 heterocycles. The number of amides is 2. The maximum absolute atomic E-state index is 13.2. The highest BCUT2D eigenvalue weighted by Gasteiger charge is 2.58. The van der Waals surface area contributed by atoms with Gasteiger partial charge in [-0.05, 0) is 48.2 Å². The van der Waals surface area contributed by atoms with E-state index in [1.807, 2.05) is 68.4 Å². The van der Waals surface area contributed by atoms with E-state index in [1.165, 1.54) is 5.06 Å². The molecule has 3 aliphatic rings. The molecule has 2 amide bonds. The van der Waals surface area contributed by atoms with Crippen LogP contribution >= 0.6 is 0 Å². The number of rotatable bonds is 1. The van der Waals surface area contributed by atoms with Crippen LogP contribution in [0, 0.1) is 0 Å². The number of urea groups is 1. The molecule has 27 heavy (non-hydrogen) atoms. The summed E-state index contributed by atoms with van der Waals surface area (Å²) in [7, 11) is 0. The fourth-order valence-corrected chi connectivity index (χ4v) is 4.47. The molecule has 1 aliphatic carbocycles. The third-order valence-corrected chi connectivity index (χ3v) is 5.82. The first-order chi connectivity index (χ1) is 13.0. The van der Waals surface area contributed by atoms with E-state index in [1.54, 1.807) is 0 Å². The minimum atomic E-state index is -0.709. The number of hydrogen-bond donors (Lipinski definition) is 1. The Bertz CT molecular complexity index is 998. The summed E-state index contributed by atoms with van der Waals surface area (Å²) in [6.45, 7) is 4.08. The standard InChI is InChI=1S/C23H20N2O2/c1-22-17-12-6-8-14-19(17)23(2,20-15-9-7-13-18(20)22)27-25(22)21(26)24-16-10-4-3-5-11-16/h3-15H,1-2H3,(H,24,26). The van der Waals surface area contributed by atoms with E-state index in [9.17, 15) is 4.79 Å². The molecule has 2 bridgehead atoms. The molecule has 1 N–H and O–H groups in total. The van der Waals surface area contributed by atoms with Gasteiger partial charge in [0, 0.05) is 5.69 Å². The topological polar surface area (TPSA) is 41.6 Å². The zero-order chi connectivity index (χ0) is 18.6. The highest BCUT2D eigenvalue weighted by Crippen LogP contribution is 2.57. The molecule has 0 radical (unpaired) electrons. The van der Waals surface area contributed by atoms with Crippen molar-refractivity contribution in [1.82, 2.24) is 5.06 Å². The Balaban J connectivity index is 1.68. The van der Waals surface area contributed by atoms with Crippen LogP contribution < -0.4 is 5.32 Å². The second-order valence-corrected chi connectivity index (χ2v) is 7.38. The summed E-state index contributed by atoms with van der Waals surface area (Å²) in [5, 5.41) is 4.47. The number of hydroxylamine groups is 2. The van der Waals surface area contributed by atoms with Crippen molar-refractivity contribution < 1.29 is 9.63 Å². The molecule has 134 valence electrons. The number of carbonyl (C=O) groups is 1. The zero-order valence-corrected chi connectivity index (χ0v) is 15.3. The summed E-state index contributed by atoms with van der Waals surface area (Å²) < 4.78 is 0. The fourth-order valence-electron chi connectivity index (χ4n) is 4.47. The number of nitrogens with one attached hydrogen (secondary N) is 1. The van der Waals surface area contributed by atoms with Crippen molar-refractivity contribution in [2.75, 3.05) is 5.32 Å². The summed E-state index contributed by atoms with van der Waals surface area (Å²) >= 11 is 0. The van der Waals surface area contributed by atoms with Gasteiger partial charge in [-0.25, -0.2) is 4.79 Å². The lowest BCUT2D eigenvalue weighted by Crippen LogP contribution is -2.62. The second-order valence-electron chi connectivity index (χ2n) is 7.38. The van der Waals surface area contributed by atoms with E-state index in [0.717, 1.165) is 27.9 Å². The van der Waals surface area contributed by atoms with E-state index < -0.39 is 11.1 Å². The van der Waals surface area contributed by atoms with Crippen LogP contribution in [-0.2, 0) is 16.0 Å². The molecule has 4 heteroatoms. The molecule has 3 aromatic carbocycles. The van der Waals surface area contributed by atoms with E-state index >= 15 is 0 Å². The number of anilines is 1. The molecule has 0 atom stereocenters. The highest BCUT2D eigenvalue weighted by molar-refractivity contribution is 5.90. The van der Waals surface area contributed by atoms with Crippen LogP contribution in [0.25, 0.3) is 0 Å². The maximum atomic E-state index is 13.2. The Kier molecular flexibility index (Phi) is 3.24. The first-order valence-corrected chi connectivity index (χ1v) is 9.10. The highest BCUT2D eigenvalue weighted by atomic mass is 16.7. The van der Waals surface area contributed by atoms with Crippen molar-refractivity contribution in [1.29, 1.82) is 0 Å². The second kappa shape index (κ2) is 5.44. The van der Waals surface area contributed by atoms with E-state index in [-0.39, 0.29) is 6.03 Å². The number of fused-ring (bicyclic) bond motifs is 1. The van der Waals surface area contributed by atoms with Crippen molar-refractivity contribution in [3.8, 4) is 0 Å². The van der Waals surface area contributed by atoms with Crippen LogP contribution in [0.5, 0.6) is 0 Å². The largest absolute Gasteiger partial charge is 0.346 e. The maximum Gasteiger partial charge on any atom is 0.346 e. The van der Waals surface area contributed by atoms with Crippen LogP contribution in [0.15, 0.2) is 78.9 Å². The zero-order valence-electron chi connectivity index (χ0n) is 15.3. The Morgan fingerprint density at radius 1 is 0.778 bits per heavy atom. The van der Waals surface area contributed by atoms with Gasteiger partial charge in [0.15, 0.2) is 0 Å². The molecular weight excluding hydrogens is 336 g/mol. The molecule has 2 aliphatic heterocycles. The van der Waals surface area contributed by atoms with Crippen LogP contribution in [-0.4, -0.2) is 11.1 Å². The van der Waals surface area contributed by atoms with Crippen LogP contribution in [0.3, 0.4) is 0 Å². The Morgan fingerprint density at radius 3 is 1.81 bits per heavy atom. The monoisotopic (exact) mass is 356 g/mol. The molecule has 0 saturated carbocycles. The van der Waals surface area contributed by atoms with Gasteiger partial charge in [-0.1, -0.05) is 66.7 Å². The lowest BCUT2D eigenvalue weighted by molar-refractivity contribution is -0.260. The fraction of sp³-hybridized carbons (Fsp3) is 0.174. The Labute approximate surface area is 158 Å². The summed E-state index contributed by atoms with van der Waals surface area (Å²) in [6, 6.07) is 25.6. The van der Waals surface area contributed by atoms with Gasteiger partial charge in [-0.2, -0.15) is 5.06 Å². The number of nitrogens with zero attached hydrogens (tertiary/aromatic N) is 1. The van der Waals surface area contributed by atoms with Crippen LogP contribution in [0.2, 0.25) is 0 Å². The molecule has 3 aromatic rings. The average molecular weight is 356 g/mol. The summed E-state index contributed by atoms with van der Waals surface area (Å²) in [6.07, 6.45) is 0. The lowest BCUT2D eigenvalue weighted by atomic mass is 9.65. The van der Waals surface area contributed by atoms with Gasteiger partial charge in [-0.3, -0.25) is 4.84 Å². The van der Waals surface area contributed by atoms with Gasteiger partial charge < -0.3 is 5.32 Å². The number of hydrogen-bond acceptors (Lipinski definition) is 2. The molecular formula is C23H20N2O2. The number of carbonyl (C=O) groups excluding carboxylic acids is 1. The van der Waals surface area contributed by atoms with Gasteiger partial charge in [0.1, 0.15) is 11.1 Å². The quantitative estimate of drug-likeness (QED) is 0.666. The molecule has 6 rings (SSSR count). The molecule has 0 unspecified atom stereocenters. The first-order valence-electron chi connectivity index (χ1n) is 9.10. The minimum Gasteiger partial charge on any atom is -0.306 e. The third kappa shape index (κ3) is 2.04. The van der Waals surface area contributed by atoms with E-state index in [0.29, 0.717) is 0 Å².